The molecule has 8 rings (SSSR count). The summed E-state index contributed by atoms with van der Waals surface area (Å²) in [5.41, 5.74) is 7.59. The van der Waals surface area contributed by atoms with E-state index in [0.717, 1.165) is 66.1 Å². The van der Waals surface area contributed by atoms with Gasteiger partial charge in [-0.1, -0.05) is 0 Å². The number of fused-ring (bicyclic) bond motifs is 8. The van der Waals surface area contributed by atoms with E-state index in [2.05, 4.69) is 50.3 Å². The molecule has 2 aliphatic carbocycles. The van der Waals surface area contributed by atoms with Crippen molar-refractivity contribution in [2.45, 2.75) is 65.6 Å². The Morgan fingerprint density at radius 3 is 1.48 bits per heavy atom. The van der Waals surface area contributed by atoms with Gasteiger partial charge >= 0.3 is 0 Å². The van der Waals surface area contributed by atoms with Crippen LogP contribution in [0.4, 0.5) is 0 Å². The second kappa shape index (κ2) is 8.03. The van der Waals surface area contributed by atoms with Gasteiger partial charge < -0.3 is 19.7 Å². The number of ether oxygens (including phenoxy) is 2. The lowest BCUT2D eigenvalue weighted by Crippen LogP contribution is -2.34. The molecule has 0 atom stereocenters. The lowest BCUT2D eigenvalue weighted by molar-refractivity contribution is 0.157. The van der Waals surface area contributed by atoms with E-state index < -0.39 is 11.2 Å². The van der Waals surface area contributed by atoms with Crippen LogP contribution >= 0.6 is 0 Å². The van der Waals surface area contributed by atoms with Gasteiger partial charge in [-0.2, -0.15) is 0 Å². The Morgan fingerprint density at radius 1 is 0.667 bits per heavy atom. The zero-order valence-electron chi connectivity index (χ0n) is 24.6. The van der Waals surface area contributed by atoms with Gasteiger partial charge in [-0.05, 0) is 125 Å². The zero-order valence-corrected chi connectivity index (χ0v) is 24.6. The highest BCUT2D eigenvalue weighted by molar-refractivity contribution is 5.84. The second-order valence-electron chi connectivity index (χ2n) is 13.0. The first-order chi connectivity index (χ1) is 19.9. The van der Waals surface area contributed by atoms with Gasteiger partial charge in [0.1, 0.15) is 34.2 Å². The number of allylic oxidation sites excluding steroid dienone is 6. The summed E-state index contributed by atoms with van der Waals surface area (Å²) in [6, 6.07) is 4.27. The quantitative estimate of drug-likeness (QED) is 0.510. The smallest absolute Gasteiger partial charge is 0.132 e. The van der Waals surface area contributed by atoms with E-state index in [1.165, 1.54) is 0 Å². The Kier molecular flexibility index (Phi) is 4.81. The summed E-state index contributed by atoms with van der Waals surface area (Å²) in [6.45, 7) is 12.3. The molecule has 6 aliphatic rings. The monoisotopic (exact) mass is 556 g/mol. The van der Waals surface area contributed by atoms with Crippen LogP contribution in [0.3, 0.4) is 0 Å². The Labute approximate surface area is 243 Å². The molecule has 2 aromatic rings. The molecular formula is C36H32N2O4. The van der Waals surface area contributed by atoms with Gasteiger partial charge in [-0.3, -0.25) is 0 Å². The molecule has 0 spiro atoms. The van der Waals surface area contributed by atoms with Gasteiger partial charge in [-0.25, -0.2) is 9.98 Å². The van der Waals surface area contributed by atoms with E-state index in [-0.39, 0.29) is 11.5 Å². The molecule has 4 heterocycles. The normalized spacial score (nSPS) is 21.6. The van der Waals surface area contributed by atoms with Crippen LogP contribution in [-0.4, -0.2) is 21.4 Å². The van der Waals surface area contributed by atoms with Crippen LogP contribution in [-0.2, 0) is 0 Å². The minimum Gasteiger partial charge on any atom is -0.508 e. The molecule has 2 aromatic carbocycles. The highest BCUT2D eigenvalue weighted by Crippen LogP contribution is 2.44. The number of nitrogens with zero attached hydrogens (tertiary/aromatic N) is 2. The molecule has 42 heavy (non-hydrogen) atoms. The fourth-order valence-electron chi connectivity index (χ4n) is 6.85. The molecule has 6 nitrogen and oxygen atoms in total. The van der Waals surface area contributed by atoms with Gasteiger partial charge in [0.15, 0.2) is 0 Å². The predicted octanol–water partition coefficient (Wildman–Crippen LogP) is 5.14. The van der Waals surface area contributed by atoms with Crippen LogP contribution in [0.2, 0.25) is 0 Å². The number of aliphatic hydroxyl groups excluding tert-OH is 2. The van der Waals surface area contributed by atoms with Crippen LogP contribution in [0.15, 0.2) is 80.5 Å². The molecule has 6 heteroatoms. The minimum absolute atomic E-state index is 0.0989. The van der Waals surface area contributed by atoms with E-state index in [4.69, 9.17) is 19.5 Å². The first-order valence-electron chi connectivity index (χ1n) is 14.5. The molecule has 0 bridgehead atoms. The molecule has 4 aliphatic heterocycles. The van der Waals surface area contributed by atoms with Gasteiger partial charge in [0.25, 0.3) is 0 Å². The van der Waals surface area contributed by atoms with Crippen LogP contribution in [0, 0.1) is 13.8 Å². The average molecular weight is 557 g/mol. The highest BCUT2D eigenvalue weighted by Gasteiger charge is 2.35. The molecule has 2 N–H and O–H groups in total. The number of aryl methyl sites for hydroxylation is 2. The Balaban J connectivity index is 1.42. The second-order valence-corrected chi connectivity index (χ2v) is 13.0. The fourth-order valence-corrected chi connectivity index (χ4v) is 6.85. The van der Waals surface area contributed by atoms with Crippen molar-refractivity contribution in [3.05, 3.63) is 114 Å². The first kappa shape index (κ1) is 25.2. The number of benzene rings is 2. The Morgan fingerprint density at radius 2 is 1.07 bits per heavy atom. The zero-order chi connectivity index (χ0) is 29.3. The minimum atomic E-state index is -0.404. The lowest BCUT2D eigenvalue weighted by Gasteiger charge is -2.29. The SMILES string of the molecule is Cc1cc2c(c3c1OC(C)(C)C=C3)=NC1=C(C3=C4N=c5c6c(c(C)cc5=C4CC=C3O)OC(C)(C)C=C6)C(O)=CCC=21. The topological polar surface area (TPSA) is 83.6 Å². The summed E-state index contributed by atoms with van der Waals surface area (Å²) in [5.74, 6) is 1.87. The maximum Gasteiger partial charge on any atom is 0.132 e. The maximum absolute atomic E-state index is 11.4. The molecule has 0 aromatic heterocycles. The van der Waals surface area contributed by atoms with Gasteiger partial charge in [0.05, 0.1) is 33.3 Å². The molecule has 210 valence electrons. The van der Waals surface area contributed by atoms with Crippen molar-refractivity contribution in [3.63, 3.8) is 0 Å². The summed E-state index contributed by atoms with van der Waals surface area (Å²) in [4.78, 5) is 10.3. The average Bonchev–Trinajstić information content (AvgIpc) is 3.47. The summed E-state index contributed by atoms with van der Waals surface area (Å²) in [5, 5.41) is 26.5. The van der Waals surface area contributed by atoms with Gasteiger partial charge in [-0.15, -0.1) is 0 Å². The van der Waals surface area contributed by atoms with Crippen LogP contribution in [0.1, 0.15) is 62.8 Å². The van der Waals surface area contributed by atoms with Crippen molar-refractivity contribution < 1.29 is 19.7 Å². The third kappa shape index (κ3) is 3.38. The molecule has 0 saturated carbocycles. The number of hydrogen-bond acceptors (Lipinski definition) is 6. The molecule has 0 fully saturated rings. The van der Waals surface area contributed by atoms with Crippen LogP contribution in [0.25, 0.3) is 23.3 Å². The van der Waals surface area contributed by atoms with Crippen molar-refractivity contribution in [2.75, 3.05) is 0 Å². The predicted molar refractivity (Wildman–Crippen MR) is 163 cm³/mol. The third-order valence-corrected chi connectivity index (χ3v) is 8.88. The molecule has 0 saturated heterocycles. The van der Waals surface area contributed by atoms with E-state index in [1.807, 2.05) is 39.8 Å². The lowest BCUT2D eigenvalue weighted by atomic mass is 9.85. The molecule has 0 amide bonds. The van der Waals surface area contributed by atoms with Gasteiger partial charge in [0.2, 0.25) is 0 Å². The summed E-state index contributed by atoms with van der Waals surface area (Å²) in [7, 11) is 0. The molecule has 0 radical (unpaired) electrons. The maximum atomic E-state index is 11.4. The highest BCUT2D eigenvalue weighted by atomic mass is 16.5. The van der Waals surface area contributed by atoms with Crippen LogP contribution in [0.5, 0.6) is 11.5 Å². The summed E-state index contributed by atoms with van der Waals surface area (Å²) >= 11 is 0. The molecule has 0 unspecified atom stereocenters. The van der Waals surface area contributed by atoms with Crippen molar-refractivity contribution >= 4 is 23.3 Å². The third-order valence-electron chi connectivity index (χ3n) is 8.88. The number of hydrogen-bond donors (Lipinski definition) is 2. The fraction of sp³-hybridized carbons (Fsp3) is 0.278. The van der Waals surface area contributed by atoms with E-state index in [9.17, 15) is 10.2 Å². The summed E-state index contributed by atoms with van der Waals surface area (Å²) < 4.78 is 12.7. The van der Waals surface area contributed by atoms with Crippen molar-refractivity contribution in [1.29, 1.82) is 0 Å². The Bertz CT molecular complexity index is 2010. The van der Waals surface area contributed by atoms with E-state index >= 15 is 0 Å². The van der Waals surface area contributed by atoms with E-state index in [1.54, 1.807) is 0 Å². The standard InChI is InChI=1S/C36H32N2O4/c1-17-15-23-19-7-9-25(39)27(31(19)37-29(23)21-11-13-35(3,4)41-33(17)21)28-26(40)10-8-20-24-16-18(2)34-22(30(24)38-32(20)28)12-14-36(5,6)42-34/h9-16,39-40H,7-8H2,1-6H3. The number of rotatable bonds is 1. The van der Waals surface area contributed by atoms with Crippen molar-refractivity contribution in [2.24, 2.45) is 9.98 Å². The van der Waals surface area contributed by atoms with Gasteiger partial charge in [0, 0.05) is 21.6 Å². The van der Waals surface area contributed by atoms with Crippen molar-refractivity contribution in [1.82, 2.24) is 0 Å². The summed E-state index contributed by atoms with van der Waals surface area (Å²) in [6.07, 6.45) is 13.0. The molecular weight excluding hydrogens is 524 g/mol. The van der Waals surface area contributed by atoms with Crippen LogP contribution < -0.4 is 30.6 Å². The first-order valence-corrected chi connectivity index (χ1v) is 14.5. The number of aliphatic hydroxyl groups is 2. The van der Waals surface area contributed by atoms with E-state index in [0.29, 0.717) is 35.4 Å². The van der Waals surface area contributed by atoms with Crippen molar-refractivity contribution in [3.8, 4) is 11.5 Å². The Hall–Kier alpha value is -4.58. The largest absolute Gasteiger partial charge is 0.508 e.